The summed E-state index contributed by atoms with van der Waals surface area (Å²) >= 11 is 12.6. The molecule has 44 heavy (non-hydrogen) atoms. The van der Waals surface area contributed by atoms with Crippen LogP contribution in [-0.2, 0) is 11.8 Å². The average Bonchev–Trinajstić information content (AvgIpc) is 3.68. The first-order valence-corrected chi connectivity index (χ1v) is 15.0. The number of hydrogen-bond acceptors (Lipinski definition) is 6. The summed E-state index contributed by atoms with van der Waals surface area (Å²) in [5, 5.41) is 8.91. The number of piperidine rings is 1. The normalized spacial score (nSPS) is 17.0. The number of anilines is 1. The Morgan fingerprint density at radius 3 is 2.59 bits per heavy atom. The lowest BCUT2D eigenvalue weighted by Gasteiger charge is -2.31. The molecule has 3 heterocycles. The molecule has 0 spiro atoms. The lowest BCUT2D eigenvalue weighted by molar-refractivity contribution is -0.126. The van der Waals surface area contributed by atoms with Gasteiger partial charge >= 0.3 is 0 Å². The van der Waals surface area contributed by atoms with Crippen LogP contribution in [0.5, 0.6) is 5.75 Å². The van der Waals surface area contributed by atoms with Gasteiger partial charge in [-0.05, 0) is 68.6 Å². The van der Waals surface area contributed by atoms with Gasteiger partial charge in [0.15, 0.2) is 17.4 Å². The number of nitrogens with one attached hydrogen (secondary N) is 3. The van der Waals surface area contributed by atoms with E-state index in [4.69, 9.17) is 23.2 Å². The van der Waals surface area contributed by atoms with Crippen LogP contribution in [0.25, 0.3) is 11.3 Å². The van der Waals surface area contributed by atoms with E-state index in [9.17, 15) is 23.2 Å². The van der Waals surface area contributed by atoms with Gasteiger partial charge in [-0.25, -0.2) is 13.8 Å². The number of amides is 3. The predicted molar refractivity (Wildman–Crippen MR) is 162 cm³/mol. The van der Waals surface area contributed by atoms with Crippen molar-refractivity contribution in [3.05, 3.63) is 63.8 Å². The van der Waals surface area contributed by atoms with Gasteiger partial charge in [0, 0.05) is 43.9 Å². The molecule has 1 aromatic heterocycles. The van der Waals surface area contributed by atoms with Crippen LogP contribution < -0.4 is 20.7 Å². The van der Waals surface area contributed by atoms with E-state index >= 15 is 0 Å². The summed E-state index contributed by atoms with van der Waals surface area (Å²) in [4.78, 5) is 44.7. The summed E-state index contributed by atoms with van der Waals surface area (Å²) in [6.07, 6.45) is 3.57. The van der Waals surface area contributed by atoms with Crippen LogP contribution in [-0.4, -0.2) is 71.8 Å². The first kappa shape index (κ1) is 31.7. The zero-order valence-electron chi connectivity index (χ0n) is 24.0. The molecule has 0 aliphatic carbocycles. The number of imidazole rings is 1. The second-order valence-corrected chi connectivity index (χ2v) is 11.6. The highest BCUT2D eigenvalue weighted by molar-refractivity contribution is 6.34. The fraction of sp³-hybridized carbons (Fsp3) is 0.400. The second kappa shape index (κ2) is 13.9. The quantitative estimate of drug-likeness (QED) is 0.311. The van der Waals surface area contributed by atoms with E-state index < -0.39 is 18.6 Å². The molecule has 2 fully saturated rings. The summed E-state index contributed by atoms with van der Waals surface area (Å²) < 4.78 is 33.0. The molecule has 3 N–H and O–H groups in total. The Balaban J connectivity index is 1.19. The summed E-state index contributed by atoms with van der Waals surface area (Å²) in [5.41, 5.74) is 1.21. The molecule has 2 aliphatic heterocycles. The summed E-state index contributed by atoms with van der Waals surface area (Å²) in [5.74, 6) is -1.70. The number of ether oxygens (including phenoxy) is 1. The highest BCUT2D eigenvalue weighted by Gasteiger charge is 2.29. The third-order valence-electron chi connectivity index (χ3n) is 8.06. The van der Waals surface area contributed by atoms with Crippen LogP contribution in [0.4, 0.5) is 14.5 Å². The highest BCUT2D eigenvalue weighted by Crippen LogP contribution is 2.35. The molecule has 0 unspecified atom stereocenters. The molecule has 2 aliphatic rings. The van der Waals surface area contributed by atoms with Crippen molar-refractivity contribution in [2.45, 2.75) is 19.3 Å². The van der Waals surface area contributed by atoms with Crippen molar-refractivity contribution in [1.29, 1.82) is 0 Å². The maximum Gasteiger partial charge on any atom is 0.291 e. The lowest BCUT2D eigenvalue weighted by Crippen LogP contribution is -2.44. The van der Waals surface area contributed by atoms with E-state index in [0.717, 1.165) is 19.5 Å². The maximum atomic E-state index is 14.5. The number of alkyl halides is 1. The number of benzene rings is 2. The molecular formula is C30H32Cl2F2N6O4. The SMILES string of the molecule is Cn1c(-c2ccc(OCF)c(F)c2Cl)cnc1C(=O)Nc1ccc(C(=O)N2CCC(C(=O)NC[C@@H]3CCNC3)CC2)c(Cl)c1. The molecule has 5 rings (SSSR count). The monoisotopic (exact) mass is 648 g/mol. The standard InChI is InChI=1S/C30H32Cl2F2N6O4/c1-39-23(21-4-5-24(44-16-33)26(34)25(21)32)15-36-27(39)29(42)38-19-2-3-20(22(31)12-19)30(43)40-10-7-18(8-11-40)28(41)37-14-17-6-9-35-13-17/h2-5,12,15,17-18,35H,6-11,13-14,16H2,1H3,(H,37,41)(H,38,42)/t17-/m1/s1. The van der Waals surface area contributed by atoms with Crippen LogP contribution in [0, 0.1) is 17.7 Å². The van der Waals surface area contributed by atoms with Crippen LogP contribution in [0.2, 0.25) is 10.0 Å². The van der Waals surface area contributed by atoms with Crippen molar-refractivity contribution in [3.63, 3.8) is 0 Å². The van der Waals surface area contributed by atoms with Gasteiger partial charge in [0.25, 0.3) is 11.8 Å². The van der Waals surface area contributed by atoms with Crippen molar-refractivity contribution in [3.8, 4) is 17.0 Å². The minimum atomic E-state index is -1.21. The molecule has 10 nitrogen and oxygen atoms in total. The third-order valence-corrected chi connectivity index (χ3v) is 8.74. The van der Waals surface area contributed by atoms with Crippen molar-refractivity contribution >= 4 is 46.6 Å². The number of hydrogen-bond donors (Lipinski definition) is 3. The topological polar surface area (TPSA) is 118 Å². The van der Waals surface area contributed by atoms with Gasteiger partial charge in [-0.15, -0.1) is 0 Å². The molecule has 3 amide bonds. The molecule has 0 radical (unpaired) electrons. The second-order valence-electron chi connectivity index (χ2n) is 10.8. The van der Waals surface area contributed by atoms with Crippen molar-refractivity contribution in [2.75, 3.05) is 44.9 Å². The van der Waals surface area contributed by atoms with Gasteiger partial charge in [0.1, 0.15) is 0 Å². The van der Waals surface area contributed by atoms with Gasteiger partial charge in [-0.1, -0.05) is 23.2 Å². The summed E-state index contributed by atoms with van der Waals surface area (Å²) in [7, 11) is 1.56. The predicted octanol–water partition coefficient (Wildman–Crippen LogP) is 4.67. The van der Waals surface area contributed by atoms with Gasteiger partial charge in [0.05, 0.1) is 27.5 Å². The van der Waals surface area contributed by atoms with Gasteiger partial charge in [-0.3, -0.25) is 14.4 Å². The molecule has 234 valence electrons. The molecule has 2 aromatic carbocycles. The lowest BCUT2D eigenvalue weighted by atomic mass is 9.95. The van der Waals surface area contributed by atoms with Crippen molar-refractivity contribution in [1.82, 2.24) is 25.1 Å². The zero-order valence-corrected chi connectivity index (χ0v) is 25.5. The fourth-order valence-corrected chi connectivity index (χ4v) is 6.03. The van der Waals surface area contributed by atoms with Crippen LogP contribution >= 0.6 is 23.2 Å². The molecule has 3 aromatic rings. The minimum absolute atomic E-state index is 0.00338. The number of carbonyl (C=O) groups is 3. The third kappa shape index (κ3) is 6.82. The van der Waals surface area contributed by atoms with E-state index in [-0.39, 0.29) is 50.5 Å². The number of halogens is 4. The van der Waals surface area contributed by atoms with Crippen LogP contribution in [0.1, 0.15) is 40.2 Å². The minimum Gasteiger partial charge on any atom is -0.460 e. The smallest absolute Gasteiger partial charge is 0.291 e. The number of nitrogens with zero attached hydrogens (tertiary/aromatic N) is 3. The fourth-order valence-electron chi connectivity index (χ4n) is 5.52. The Morgan fingerprint density at radius 1 is 1.14 bits per heavy atom. The Labute approximate surface area is 263 Å². The molecule has 0 bridgehead atoms. The van der Waals surface area contributed by atoms with E-state index in [1.54, 1.807) is 24.1 Å². The van der Waals surface area contributed by atoms with Crippen molar-refractivity contribution < 1.29 is 27.9 Å². The van der Waals surface area contributed by atoms with Crippen LogP contribution in [0.15, 0.2) is 36.5 Å². The van der Waals surface area contributed by atoms with Crippen LogP contribution in [0.3, 0.4) is 0 Å². The first-order chi connectivity index (χ1) is 21.2. The van der Waals surface area contributed by atoms with Gasteiger partial charge < -0.3 is 30.2 Å². The summed E-state index contributed by atoms with van der Waals surface area (Å²) in [6.45, 7) is 2.26. The van der Waals surface area contributed by atoms with Crippen molar-refractivity contribution in [2.24, 2.45) is 18.9 Å². The molecular weight excluding hydrogens is 617 g/mol. The number of rotatable bonds is 9. The van der Waals surface area contributed by atoms with E-state index in [1.807, 2.05) is 0 Å². The average molecular weight is 650 g/mol. The number of aromatic nitrogens is 2. The van der Waals surface area contributed by atoms with E-state index in [2.05, 4.69) is 25.7 Å². The van der Waals surface area contributed by atoms with E-state index in [1.165, 1.54) is 29.0 Å². The molecule has 2 saturated heterocycles. The highest BCUT2D eigenvalue weighted by atomic mass is 35.5. The molecule has 0 saturated carbocycles. The Morgan fingerprint density at radius 2 is 1.91 bits per heavy atom. The van der Waals surface area contributed by atoms with E-state index in [0.29, 0.717) is 49.8 Å². The van der Waals surface area contributed by atoms with Gasteiger partial charge in [0.2, 0.25) is 12.8 Å². The van der Waals surface area contributed by atoms with Gasteiger partial charge in [-0.2, -0.15) is 0 Å². The number of likely N-dealkylation sites (tertiary alicyclic amines) is 1. The first-order valence-electron chi connectivity index (χ1n) is 14.2. The zero-order chi connectivity index (χ0) is 31.4. The Hall–Kier alpha value is -3.74. The Bertz CT molecular complexity index is 1550. The number of carbonyl (C=O) groups excluding carboxylic acids is 3. The largest absolute Gasteiger partial charge is 0.460 e. The Kier molecular flexibility index (Phi) is 10.0. The molecule has 1 atom stereocenters. The summed E-state index contributed by atoms with van der Waals surface area (Å²) in [6, 6.07) is 7.27. The maximum absolute atomic E-state index is 14.5. The molecule has 14 heteroatoms.